The van der Waals surface area contributed by atoms with Gasteiger partial charge in [0.05, 0.1) is 6.42 Å². The lowest BCUT2D eigenvalue weighted by Crippen LogP contribution is -2.30. The first-order valence-corrected chi connectivity index (χ1v) is 8.74. The van der Waals surface area contributed by atoms with Crippen molar-refractivity contribution in [3.8, 4) is 0 Å². The summed E-state index contributed by atoms with van der Waals surface area (Å²) in [5.74, 6) is -1.80. The van der Waals surface area contributed by atoms with Gasteiger partial charge in [0, 0.05) is 21.7 Å². The Bertz CT molecular complexity index is 980. The first kappa shape index (κ1) is 18.9. The van der Waals surface area contributed by atoms with Crippen LogP contribution in [0.2, 0.25) is 5.02 Å². The molecule has 0 aromatic heterocycles. The van der Waals surface area contributed by atoms with Crippen LogP contribution >= 0.6 is 11.6 Å². The van der Waals surface area contributed by atoms with E-state index in [9.17, 15) is 14.0 Å². The lowest BCUT2D eigenvalue weighted by molar-refractivity contribution is -0.152. The molecular weight excluding hydrogens is 369 g/mol. The molecule has 0 spiro atoms. The fourth-order valence-corrected chi connectivity index (χ4v) is 2.94. The quantitative estimate of drug-likeness (QED) is 0.645. The number of nitrogens with one attached hydrogen (secondary N) is 1. The Labute approximate surface area is 160 Å². The molecule has 138 valence electrons. The normalized spacial score (nSPS) is 11.8. The van der Waals surface area contributed by atoms with Crippen LogP contribution < -0.4 is 5.32 Å². The highest BCUT2D eigenvalue weighted by molar-refractivity contribution is 6.31. The van der Waals surface area contributed by atoms with Crippen LogP contribution in [-0.2, 0) is 20.7 Å². The lowest BCUT2D eigenvalue weighted by atomic mass is 10.1. The molecule has 27 heavy (non-hydrogen) atoms. The maximum Gasteiger partial charge on any atom is 0.311 e. The molecule has 1 atom stereocenters. The molecule has 6 heteroatoms. The van der Waals surface area contributed by atoms with Gasteiger partial charge in [0.25, 0.3) is 5.91 Å². The Balaban J connectivity index is 1.66. The second-order valence-electron chi connectivity index (χ2n) is 6.03. The lowest BCUT2D eigenvalue weighted by Gasteiger charge is -2.15. The molecular formula is C21H17ClFNO3. The number of rotatable bonds is 5. The molecule has 4 nitrogen and oxygen atoms in total. The first-order chi connectivity index (χ1) is 13.0. The number of amides is 1. The highest BCUT2D eigenvalue weighted by Crippen LogP contribution is 2.23. The zero-order chi connectivity index (χ0) is 19.4. The molecule has 0 heterocycles. The summed E-state index contributed by atoms with van der Waals surface area (Å²) in [5.41, 5.74) is 0.670. The Morgan fingerprint density at radius 1 is 1.07 bits per heavy atom. The zero-order valence-electron chi connectivity index (χ0n) is 14.5. The second kappa shape index (κ2) is 8.18. The van der Waals surface area contributed by atoms with Crippen LogP contribution in [0.1, 0.15) is 12.5 Å². The number of anilines is 1. The molecule has 0 saturated heterocycles. The summed E-state index contributed by atoms with van der Waals surface area (Å²) >= 11 is 5.91. The molecule has 1 unspecified atom stereocenters. The van der Waals surface area contributed by atoms with Gasteiger partial charge in [-0.2, -0.15) is 0 Å². The molecule has 0 bridgehead atoms. The summed E-state index contributed by atoms with van der Waals surface area (Å²) in [7, 11) is 0. The maximum atomic E-state index is 13.8. The van der Waals surface area contributed by atoms with Crippen LogP contribution in [0.3, 0.4) is 0 Å². The van der Waals surface area contributed by atoms with Gasteiger partial charge >= 0.3 is 5.97 Å². The minimum Gasteiger partial charge on any atom is -0.452 e. The fourth-order valence-electron chi connectivity index (χ4n) is 2.71. The van der Waals surface area contributed by atoms with E-state index in [4.69, 9.17) is 16.3 Å². The minimum absolute atomic E-state index is 0.0471. The molecule has 0 fully saturated rings. The van der Waals surface area contributed by atoms with Gasteiger partial charge in [-0.1, -0.05) is 54.1 Å². The monoisotopic (exact) mass is 385 g/mol. The molecule has 0 aliphatic rings. The summed E-state index contributed by atoms with van der Waals surface area (Å²) in [6, 6.07) is 17.3. The topological polar surface area (TPSA) is 55.4 Å². The van der Waals surface area contributed by atoms with E-state index in [0.29, 0.717) is 5.69 Å². The van der Waals surface area contributed by atoms with Crippen molar-refractivity contribution in [2.75, 3.05) is 5.32 Å². The number of hydrogen-bond acceptors (Lipinski definition) is 3. The van der Waals surface area contributed by atoms with Gasteiger partial charge in [0.15, 0.2) is 6.10 Å². The summed E-state index contributed by atoms with van der Waals surface area (Å²) in [6.45, 7) is 1.46. The van der Waals surface area contributed by atoms with E-state index >= 15 is 0 Å². The number of halogens is 2. The van der Waals surface area contributed by atoms with Crippen LogP contribution in [0.4, 0.5) is 10.1 Å². The number of carbonyl (C=O) groups excluding carboxylic acids is 2. The standard InChI is InChI=1S/C21H17ClFNO3/c1-13(27-20(25)12-16-17(22)9-5-10-18(16)23)21(26)24-19-11-4-7-14-6-2-3-8-15(14)19/h2-11,13H,12H2,1H3,(H,24,26). The van der Waals surface area contributed by atoms with Crippen LogP contribution in [0.15, 0.2) is 60.7 Å². The van der Waals surface area contributed by atoms with Crippen molar-refractivity contribution in [1.82, 2.24) is 0 Å². The molecule has 0 aliphatic heterocycles. The predicted molar refractivity (Wildman–Crippen MR) is 103 cm³/mol. The molecule has 0 saturated carbocycles. The Hall–Kier alpha value is -2.92. The zero-order valence-corrected chi connectivity index (χ0v) is 15.3. The van der Waals surface area contributed by atoms with E-state index < -0.39 is 23.8 Å². The first-order valence-electron chi connectivity index (χ1n) is 8.36. The third kappa shape index (κ3) is 4.44. The Morgan fingerprint density at radius 2 is 1.78 bits per heavy atom. The average molecular weight is 386 g/mol. The third-order valence-corrected chi connectivity index (χ3v) is 4.46. The van der Waals surface area contributed by atoms with Gasteiger partial charge in [-0.25, -0.2) is 4.39 Å². The maximum absolute atomic E-state index is 13.8. The van der Waals surface area contributed by atoms with E-state index in [1.807, 2.05) is 36.4 Å². The third-order valence-electron chi connectivity index (χ3n) is 4.11. The van der Waals surface area contributed by atoms with Crippen molar-refractivity contribution < 1.29 is 18.7 Å². The SMILES string of the molecule is CC(OC(=O)Cc1c(F)cccc1Cl)C(=O)Nc1cccc2ccccc12. The van der Waals surface area contributed by atoms with E-state index in [1.165, 1.54) is 25.1 Å². The molecule has 0 aliphatic carbocycles. The van der Waals surface area contributed by atoms with E-state index in [-0.39, 0.29) is 17.0 Å². The Morgan fingerprint density at radius 3 is 2.56 bits per heavy atom. The number of benzene rings is 3. The smallest absolute Gasteiger partial charge is 0.311 e. The van der Waals surface area contributed by atoms with Crippen LogP contribution in [-0.4, -0.2) is 18.0 Å². The Kier molecular flexibility index (Phi) is 5.72. The summed E-state index contributed by atoms with van der Waals surface area (Å²) in [6.07, 6.45) is -1.39. The molecule has 3 aromatic rings. The number of carbonyl (C=O) groups is 2. The molecule has 3 rings (SSSR count). The van der Waals surface area contributed by atoms with Gasteiger partial charge in [-0.15, -0.1) is 0 Å². The van der Waals surface area contributed by atoms with Crippen molar-refractivity contribution in [3.63, 3.8) is 0 Å². The molecule has 1 amide bonds. The largest absolute Gasteiger partial charge is 0.452 e. The van der Waals surface area contributed by atoms with Gasteiger partial charge in [-0.3, -0.25) is 9.59 Å². The van der Waals surface area contributed by atoms with Gasteiger partial charge < -0.3 is 10.1 Å². The number of ether oxygens (including phenoxy) is 1. The highest BCUT2D eigenvalue weighted by Gasteiger charge is 2.20. The van der Waals surface area contributed by atoms with E-state index in [0.717, 1.165) is 10.8 Å². The summed E-state index contributed by atoms with van der Waals surface area (Å²) in [5, 5.41) is 4.76. The van der Waals surface area contributed by atoms with Gasteiger partial charge in [0.1, 0.15) is 5.82 Å². The number of hydrogen-bond donors (Lipinski definition) is 1. The van der Waals surface area contributed by atoms with Crippen molar-refractivity contribution in [1.29, 1.82) is 0 Å². The average Bonchev–Trinajstić information content (AvgIpc) is 2.65. The summed E-state index contributed by atoms with van der Waals surface area (Å²) in [4.78, 5) is 24.5. The molecule has 0 radical (unpaired) electrons. The van der Waals surface area contributed by atoms with Crippen molar-refractivity contribution >= 4 is 39.9 Å². The van der Waals surface area contributed by atoms with Gasteiger partial charge in [0.2, 0.25) is 0 Å². The number of esters is 1. The van der Waals surface area contributed by atoms with E-state index in [2.05, 4.69) is 5.32 Å². The van der Waals surface area contributed by atoms with Crippen molar-refractivity contribution in [3.05, 3.63) is 77.1 Å². The predicted octanol–water partition coefficient (Wildman–Crippen LogP) is 4.75. The minimum atomic E-state index is -1.04. The van der Waals surface area contributed by atoms with Crippen LogP contribution in [0.25, 0.3) is 10.8 Å². The summed E-state index contributed by atoms with van der Waals surface area (Å²) < 4.78 is 18.9. The van der Waals surface area contributed by atoms with Crippen LogP contribution in [0, 0.1) is 5.82 Å². The molecule has 3 aromatic carbocycles. The highest BCUT2D eigenvalue weighted by atomic mass is 35.5. The fraction of sp³-hybridized carbons (Fsp3) is 0.143. The van der Waals surface area contributed by atoms with Crippen molar-refractivity contribution in [2.45, 2.75) is 19.4 Å². The van der Waals surface area contributed by atoms with Crippen molar-refractivity contribution in [2.24, 2.45) is 0 Å². The van der Waals surface area contributed by atoms with Gasteiger partial charge in [-0.05, 0) is 30.5 Å². The van der Waals surface area contributed by atoms with E-state index in [1.54, 1.807) is 6.07 Å². The van der Waals surface area contributed by atoms with Crippen LogP contribution in [0.5, 0.6) is 0 Å². The molecule has 1 N–H and O–H groups in total. The number of fused-ring (bicyclic) bond motifs is 1. The second-order valence-corrected chi connectivity index (χ2v) is 6.43.